The number of aryl methyl sites for hydroxylation is 3. The minimum atomic E-state index is -0.295. The SMILES string of the molecule is Cc1cc(N2CCN(Cc3ccc(F)cc3)C2=O)sc1C(=O)NCc1c(C)n[nH]c1C. The molecule has 0 radical (unpaired) electrons. The predicted octanol–water partition coefficient (Wildman–Crippen LogP) is 3.91. The molecular weight excluding hydrogens is 417 g/mol. The Kier molecular flexibility index (Phi) is 5.77. The van der Waals surface area contributed by atoms with E-state index in [9.17, 15) is 14.0 Å². The van der Waals surface area contributed by atoms with Crippen LogP contribution in [0.25, 0.3) is 0 Å². The Morgan fingerprint density at radius 2 is 1.97 bits per heavy atom. The van der Waals surface area contributed by atoms with Crippen molar-refractivity contribution in [2.75, 3.05) is 18.0 Å². The molecule has 0 saturated carbocycles. The molecule has 0 spiro atoms. The summed E-state index contributed by atoms with van der Waals surface area (Å²) in [5.41, 5.74) is 4.50. The van der Waals surface area contributed by atoms with Crippen LogP contribution in [-0.4, -0.2) is 40.1 Å². The highest BCUT2D eigenvalue weighted by atomic mass is 32.1. The Hall–Kier alpha value is -3.20. The van der Waals surface area contributed by atoms with Crippen molar-refractivity contribution in [3.05, 3.63) is 69.1 Å². The van der Waals surface area contributed by atoms with E-state index >= 15 is 0 Å². The highest BCUT2D eigenvalue weighted by Crippen LogP contribution is 2.32. The van der Waals surface area contributed by atoms with Gasteiger partial charge in [0.1, 0.15) is 10.8 Å². The van der Waals surface area contributed by atoms with Crippen LogP contribution in [0, 0.1) is 26.6 Å². The molecule has 31 heavy (non-hydrogen) atoms. The van der Waals surface area contributed by atoms with Gasteiger partial charge in [-0.2, -0.15) is 5.10 Å². The summed E-state index contributed by atoms with van der Waals surface area (Å²) in [4.78, 5) is 29.7. The van der Waals surface area contributed by atoms with E-state index in [1.54, 1.807) is 21.9 Å². The number of anilines is 1. The summed E-state index contributed by atoms with van der Waals surface area (Å²) in [6.45, 7) is 7.65. The lowest BCUT2D eigenvalue weighted by Crippen LogP contribution is -2.31. The molecule has 3 amide bonds. The van der Waals surface area contributed by atoms with Crippen LogP contribution in [0.5, 0.6) is 0 Å². The number of rotatable bonds is 6. The van der Waals surface area contributed by atoms with Gasteiger partial charge in [-0.05, 0) is 50.1 Å². The number of carbonyl (C=O) groups excluding carboxylic acids is 2. The van der Waals surface area contributed by atoms with Crippen molar-refractivity contribution in [2.45, 2.75) is 33.9 Å². The molecule has 1 aromatic carbocycles. The van der Waals surface area contributed by atoms with E-state index in [1.165, 1.54) is 23.5 Å². The first-order valence-electron chi connectivity index (χ1n) is 10.0. The minimum Gasteiger partial charge on any atom is -0.347 e. The standard InChI is InChI=1S/C22H24FN5O2S/c1-13-10-19(31-20(13)21(29)24-11-18-14(2)25-26-15(18)3)28-9-8-27(22(28)30)12-16-4-6-17(23)7-5-16/h4-7,10H,8-9,11-12H2,1-3H3,(H,24,29)(H,25,26). The molecule has 162 valence electrons. The average molecular weight is 442 g/mol. The largest absolute Gasteiger partial charge is 0.347 e. The number of nitrogens with one attached hydrogen (secondary N) is 2. The number of carbonyl (C=O) groups is 2. The maximum atomic E-state index is 13.1. The monoisotopic (exact) mass is 441 g/mol. The number of aromatic amines is 1. The predicted molar refractivity (Wildman–Crippen MR) is 118 cm³/mol. The van der Waals surface area contributed by atoms with Crippen molar-refractivity contribution >= 4 is 28.3 Å². The van der Waals surface area contributed by atoms with Crippen LogP contribution in [0.15, 0.2) is 30.3 Å². The lowest BCUT2D eigenvalue weighted by Gasteiger charge is -2.17. The fourth-order valence-corrected chi connectivity index (χ4v) is 4.76. The van der Waals surface area contributed by atoms with Crippen molar-refractivity contribution < 1.29 is 14.0 Å². The molecule has 3 aromatic rings. The second-order valence-electron chi connectivity index (χ2n) is 7.67. The highest BCUT2D eigenvalue weighted by molar-refractivity contribution is 7.18. The van der Waals surface area contributed by atoms with Crippen LogP contribution in [0.2, 0.25) is 0 Å². The molecule has 0 unspecified atom stereocenters. The normalized spacial score (nSPS) is 13.9. The molecule has 1 fully saturated rings. The van der Waals surface area contributed by atoms with Crippen molar-refractivity contribution in [1.82, 2.24) is 20.4 Å². The highest BCUT2D eigenvalue weighted by Gasteiger charge is 2.31. The van der Waals surface area contributed by atoms with Gasteiger partial charge in [-0.3, -0.25) is 14.8 Å². The fraction of sp³-hybridized carbons (Fsp3) is 0.318. The maximum Gasteiger partial charge on any atom is 0.325 e. The third-order valence-corrected chi connectivity index (χ3v) is 6.72. The van der Waals surface area contributed by atoms with Gasteiger partial charge in [-0.1, -0.05) is 12.1 Å². The van der Waals surface area contributed by atoms with Crippen LogP contribution >= 0.6 is 11.3 Å². The van der Waals surface area contributed by atoms with Gasteiger partial charge in [-0.25, -0.2) is 9.18 Å². The number of halogens is 1. The minimum absolute atomic E-state index is 0.109. The van der Waals surface area contributed by atoms with Gasteiger partial charge in [0.05, 0.1) is 10.6 Å². The third kappa shape index (κ3) is 4.32. The van der Waals surface area contributed by atoms with Crippen LogP contribution in [-0.2, 0) is 13.1 Å². The fourth-order valence-electron chi connectivity index (χ4n) is 3.65. The van der Waals surface area contributed by atoms with Gasteiger partial charge in [0.25, 0.3) is 5.91 Å². The Balaban J connectivity index is 1.42. The second kappa shape index (κ2) is 8.50. The summed E-state index contributed by atoms with van der Waals surface area (Å²) in [5, 5.41) is 10.8. The first-order valence-corrected chi connectivity index (χ1v) is 10.8. The zero-order valence-corrected chi connectivity index (χ0v) is 18.5. The Labute approximate surface area is 183 Å². The maximum absolute atomic E-state index is 13.1. The molecule has 7 nitrogen and oxygen atoms in total. The molecule has 0 bridgehead atoms. The van der Waals surface area contributed by atoms with Crippen LogP contribution in [0.3, 0.4) is 0 Å². The van der Waals surface area contributed by atoms with Gasteiger partial charge in [0.15, 0.2) is 0 Å². The molecule has 0 atom stereocenters. The van der Waals surface area contributed by atoms with Crippen LogP contribution in [0.4, 0.5) is 14.2 Å². The zero-order chi connectivity index (χ0) is 22.1. The molecule has 1 saturated heterocycles. The molecule has 1 aliphatic rings. The third-order valence-electron chi connectivity index (χ3n) is 5.47. The first-order chi connectivity index (χ1) is 14.8. The topological polar surface area (TPSA) is 81.3 Å². The molecule has 9 heteroatoms. The molecule has 2 aromatic heterocycles. The van der Waals surface area contributed by atoms with E-state index in [-0.39, 0.29) is 17.8 Å². The number of aromatic nitrogens is 2. The van der Waals surface area contributed by atoms with Crippen molar-refractivity contribution in [3.8, 4) is 0 Å². The molecule has 0 aliphatic carbocycles. The van der Waals surface area contributed by atoms with E-state index in [4.69, 9.17) is 0 Å². The van der Waals surface area contributed by atoms with Gasteiger partial charge >= 0.3 is 6.03 Å². The van der Waals surface area contributed by atoms with E-state index in [0.29, 0.717) is 31.1 Å². The summed E-state index contributed by atoms with van der Waals surface area (Å²) in [5.74, 6) is -0.459. The molecule has 4 rings (SSSR count). The van der Waals surface area contributed by atoms with Crippen LogP contribution in [0.1, 0.15) is 37.7 Å². The number of H-pyrrole nitrogens is 1. The quantitative estimate of drug-likeness (QED) is 0.609. The number of urea groups is 1. The van der Waals surface area contributed by atoms with Crippen molar-refractivity contribution in [3.63, 3.8) is 0 Å². The van der Waals surface area contributed by atoms with Gasteiger partial charge in [0.2, 0.25) is 0 Å². The Morgan fingerprint density at radius 3 is 2.65 bits per heavy atom. The summed E-state index contributed by atoms with van der Waals surface area (Å²) in [6, 6.07) is 7.94. The number of amides is 3. The lowest BCUT2D eigenvalue weighted by atomic mass is 10.2. The van der Waals surface area contributed by atoms with E-state index in [1.807, 2.05) is 26.8 Å². The Bertz CT molecular complexity index is 1100. The lowest BCUT2D eigenvalue weighted by molar-refractivity contribution is 0.0954. The van der Waals surface area contributed by atoms with E-state index < -0.39 is 0 Å². The van der Waals surface area contributed by atoms with Crippen LogP contribution < -0.4 is 10.2 Å². The van der Waals surface area contributed by atoms with Crippen molar-refractivity contribution in [2.24, 2.45) is 0 Å². The van der Waals surface area contributed by atoms with E-state index in [0.717, 1.165) is 33.1 Å². The summed E-state index contributed by atoms with van der Waals surface area (Å²) < 4.78 is 13.1. The number of nitrogens with zero attached hydrogens (tertiary/aromatic N) is 3. The first kappa shape index (κ1) is 21.0. The second-order valence-corrected chi connectivity index (χ2v) is 8.70. The van der Waals surface area contributed by atoms with Crippen molar-refractivity contribution in [1.29, 1.82) is 0 Å². The molecule has 1 aliphatic heterocycles. The van der Waals surface area contributed by atoms with Gasteiger partial charge in [0, 0.05) is 37.4 Å². The molecule has 3 heterocycles. The Morgan fingerprint density at radius 1 is 1.23 bits per heavy atom. The molecular formula is C22H24FN5O2S. The van der Waals surface area contributed by atoms with E-state index in [2.05, 4.69) is 15.5 Å². The number of thiophene rings is 1. The summed E-state index contributed by atoms with van der Waals surface area (Å²) >= 11 is 1.32. The average Bonchev–Trinajstić information content (AvgIpc) is 3.40. The summed E-state index contributed by atoms with van der Waals surface area (Å²) in [7, 11) is 0. The van der Waals surface area contributed by atoms with Gasteiger partial charge in [-0.15, -0.1) is 11.3 Å². The smallest absolute Gasteiger partial charge is 0.325 e. The molecule has 2 N–H and O–H groups in total. The van der Waals surface area contributed by atoms with Gasteiger partial charge < -0.3 is 10.2 Å². The zero-order valence-electron chi connectivity index (χ0n) is 17.7. The number of hydrogen-bond donors (Lipinski definition) is 2. The number of hydrogen-bond acceptors (Lipinski definition) is 4. The summed E-state index contributed by atoms with van der Waals surface area (Å²) in [6.07, 6.45) is 0. The number of benzene rings is 1.